The molecule has 7 nitrogen and oxygen atoms in total. The topological polar surface area (TPSA) is 86.2 Å². The van der Waals surface area contributed by atoms with Crippen molar-refractivity contribution in [3.8, 4) is 11.5 Å². The highest BCUT2D eigenvalue weighted by atomic mass is 16.6. The number of carbonyl (C=O) groups is 2. The molecule has 0 radical (unpaired) electrons. The molecule has 2 aromatic carbocycles. The molecule has 0 fully saturated rings. The number of hydrogen-bond donors (Lipinski definition) is 1. The third-order valence-electron chi connectivity index (χ3n) is 3.79. The van der Waals surface area contributed by atoms with E-state index in [1.165, 1.54) is 14.0 Å². The number of methoxy groups -OCH3 is 2. The zero-order valence-electron chi connectivity index (χ0n) is 15.1. The predicted molar refractivity (Wildman–Crippen MR) is 101 cm³/mol. The summed E-state index contributed by atoms with van der Waals surface area (Å²) in [4.78, 5) is 27.5. The zero-order valence-corrected chi connectivity index (χ0v) is 15.1. The van der Waals surface area contributed by atoms with Crippen molar-refractivity contribution < 1.29 is 23.8 Å². The number of anilines is 1. The molecule has 0 bridgehead atoms. The minimum atomic E-state index is -0.536. The van der Waals surface area contributed by atoms with Gasteiger partial charge in [-0.25, -0.2) is 9.79 Å². The molecule has 2 aromatic rings. The zero-order chi connectivity index (χ0) is 19.4. The summed E-state index contributed by atoms with van der Waals surface area (Å²) >= 11 is 0. The van der Waals surface area contributed by atoms with E-state index in [1.807, 2.05) is 0 Å². The first kappa shape index (κ1) is 18.2. The minimum absolute atomic E-state index is 0.148. The van der Waals surface area contributed by atoms with Crippen LogP contribution in [0.5, 0.6) is 11.5 Å². The Labute approximate surface area is 156 Å². The lowest BCUT2D eigenvalue weighted by Gasteiger charge is -2.08. The fourth-order valence-electron chi connectivity index (χ4n) is 2.53. The summed E-state index contributed by atoms with van der Waals surface area (Å²) in [6, 6.07) is 12.2. The molecule has 138 valence electrons. The van der Waals surface area contributed by atoms with Gasteiger partial charge in [-0.1, -0.05) is 12.1 Å². The lowest BCUT2D eigenvalue weighted by atomic mass is 10.1. The van der Waals surface area contributed by atoms with Crippen LogP contribution in [0.25, 0.3) is 6.08 Å². The molecule has 7 heteroatoms. The van der Waals surface area contributed by atoms with Crippen LogP contribution in [0.3, 0.4) is 0 Å². The highest BCUT2D eigenvalue weighted by Crippen LogP contribution is 2.29. The second kappa shape index (κ2) is 7.74. The van der Waals surface area contributed by atoms with Crippen LogP contribution in [0.4, 0.5) is 5.69 Å². The summed E-state index contributed by atoms with van der Waals surface area (Å²) in [5.41, 5.74) is 2.22. The Balaban J connectivity index is 1.85. The average Bonchev–Trinajstić information content (AvgIpc) is 3.02. The SMILES string of the molecule is COc1ccc(C2=NC(=Cc3ccc(NC(C)=O)cc3)C(=O)O2)cc1OC. The van der Waals surface area contributed by atoms with Gasteiger partial charge in [-0.05, 0) is 42.0 Å². The second-order valence-corrected chi connectivity index (χ2v) is 5.71. The molecule has 1 heterocycles. The van der Waals surface area contributed by atoms with E-state index in [2.05, 4.69) is 10.3 Å². The third-order valence-corrected chi connectivity index (χ3v) is 3.79. The van der Waals surface area contributed by atoms with Gasteiger partial charge in [-0.2, -0.15) is 0 Å². The molecule has 0 atom stereocenters. The highest BCUT2D eigenvalue weighted by Gasteiger charge is 2.25. The van der Waals surface area contributed by atoms with Gasteiger partial charge in [0, 0.05) is 18.2 Å². The summed E-state index contributed by atoms with van der Waals surface area (Å²) in [7, 11) is 3.07. The van der Waals surface area contributed by atoms with Crippen LogP contribution in [0, 0.1) is 0 Å². The number of esters is 1. The molecule has 1 aliphatic rings. The molecular formula is C20H18N2O5. The van der Waals surface area contributed by atoms with Gasteiger partial charge >= 0.3 is 5.97 Å². The van der Waals surface area contributed by atoms with Crippen LogP contribution < -0.4 is 14.8 Å². The number of benzene rings is 2. The van der Waals surface area contributed by atoms with Crippen molar-refractivity contribution in [2.45, 2.75) is 6.92 Å². The van der Waals surface area contributed by atoms with Crippen LogP contribution in [-0.2, 0) is 14.3 Å². The second-order valence-electron chi connectivity index (χ2n) is 5.71. The Morgan fingerprint density at radius 2 is 1.78 bits per heavy atom. The van der Waals surface area contributed by atoms with Crippen molar-refractivity contribution in [3.63, 3.8) is 0 Å². The van der Waals surface area contributed by atoms with Gasteiger partial charge in [0.1, 0.15) is 0 Å². The van der Waals surface area contributed by atoms with E-state index in [0.717, 1.165) is 5.56 Å². The fourth-order valence-corrected chi connectivity index (χ4v) is 2.53. The Bertz CT molecular complexity index is 945. The molecule has 0 saturated heterocycles. The fraction of sp³-hybridized carbons (Fsp3) is 0.150. The summed E-state index contributed by atoms with van der Waals surface area (Å²) in [6.45, 7) is 1.44. The quantitative estimate of drug-likeness (QED) is 0.649. The number of nitrogens with one attached hydrogen (secondary N) is 1. The molecule has 0 saturated carbocycles. The average molecular weight is 366 g/mol. The smallest absolute Gasteiger partial charge is 0.363 e. The van der Waals surface area contributed by atoms with E-state index < -0.39 is 5.97 Å². The number of rotatable bonds is 5. The molecule has 0 aliphatic carbocycles. The molecular weight excluding hydrogens is 348 g/mol. The van der Waals surface area contributed by atoms with E-state index in [1.54, 1.807) is 55.7 Å². The molecule has 27 heavy (non-hydrogen) atoms. The summed E-state index contributed by atoms with van der Waals surface area (Å²) in [5.74, 6) is 0.596. The van der Waals surface area contributed by atoms with E-state index in [9.17, 15) is 9.59 Å². The molecule has 0 unspecified atom stereocenters. The van der Waals surface area contributed by atoms with Crippen LogP contribution in [0.15, 0.2) is 53.2 Å². The Hall–Kier alpha value is -3.61. The first-order valence-corrected chi connectivity index (χ1v) is 8.13. The van der Waals surface area contributed by atoms with E-state index >= 15 is 0 Å². The van der Waals surface area contributed by atoms with Gasteiger partial charge in [0.15, 0.2) is 17.2 Å². The number of hydrogen-bond acceptors (Lipinski definition) is 6. The van der Waals surface area contributed by atoms with Gasteiger partial charge in [-0.15, -0.1) is 0 Å². The number of cyclic esters (lactones) is 1. The minimum Gasteiger partial charge on any atom is -0.493 e. The van der Waals surface area contributed by atoms with Crippen molar-refractivity contribution in [1.29, 1.82) is 0 Å². The number of aliphatic imine (C=N–C) groups is 1. The van der Waals surface area contributed by atoms with Crippen molar-refractivity contribution in [2.24, 2.45) is 4.99 Å². The molecule has 0 spiro atoms. The Kier molecular flexibility index (Phi) is 5.21. The van der Waals surface area contributed by atoms with Crippen molar-refractivity contribution in [2.75, 3.05) is 19.5 Å². The first-order valence-electron chi connectivity index (χ1n) is 8.13. The molecule has 1 amide bonds. The number of nitrogens with zero attached hydrogens (tertiary/aromatic N) is 1. The van der Waals surface area contributed by atoms with Crippen molar-refractivity contribution in [3.05, 3.63) is 59.3 Å². The van der Waals surface area contributed by atoms with E-state index in [-0.39, 0.29) is 17.5 Å². The molecule has 1 aliphatic heterocycles. The van der Waals surface area contributed by atoms with E-state index in [0.29, 0.717) is 22.7 Å². The Morgan fingerprint density at radius 3 is 2.41 bits per heavy atom. The monoisotopic (exact) mass is 366 g/mol. The molecule has 3 rings (SSSR count). The van der Waals surface area contributed by atoms with Crippen molar-refractivity contribution >= 4 is 29.5 Å². The Morgan fingerprint density at radius 1 is 1.07 bits per heavy atom. The maximum absolute atomic E-state index is 12.1. The lowest BCUT2D eigenvalue weighted by Crippen LogP contribution is -2.06. The largest absolute Gasteiger partial charge is 0.493 e. The summed E-state index contributed by atoms with van der Waals surface area (Å²) in [5, 5.41) is 2.68. The molecule has 1 N–H and O–H groups in total. The van der Waals surface area contributed by atoms with Crippen LogP contribution in [0.1, 0.15) is 18.1 Å². The third kappa shape index (κ3) is 4.14. The van der Waals surface area contributed by atoms with Crippen LogP contribution >= 0.6 is 0 Å². The normalized spacial score (nSPS) is 14.6. The predicted octanol–water partition coefficient (Wildman–Crippen LogP) is 3.01. The van der Waals surface area contributed by atoms with Crippen molar-refractivity contribution in [1.82, 2.24) is 0 Å². The highest BCUT2D eigenvalue weighted by molar-refractivity contribution is 6.13. The number of ether oxygens (including phenoxy) is 3. The lowest BCUT2D eigenvalue weighted by molar-refractivity contribution is -0.129. The standard InChI is InChI=1S/C20H18N2O5/c1-12(23)21-15-7-4-13(5-8-15)10-16-20(24)27-19(22-16)14-6-9-17(25-2)18(11-14)26-3/h4-11H,1-3H3,(H,21,23). The van der Waals surface area contributed by atoms with Gasteiger partial charge in [-0.3, -0.25) is 4.79 Å². The van der Waals surface area contributed by atoms with Crippen LogP contribution in [-0.4, -0.2) is 32.0 Å². The van der Waals surface area contributed by atoms with E-state index in [4.69, 9.17) is 14.2 Å². The maximum Gasteiger partial charge on any atom is 0.363 e. The summed E-state index contributed by atoms with van der Waals surface area (Å²) in [6.07, 6.45) is 1.62. The first-order chi connectivity index (χ1) is 13.0. The summed E-state index contributed by atoms with van der Waals surface area (Å²) < 4.78 is 15.7. The molecule has 0 aromatic heterocycles. The van der Waals surface area contributed by atoms with Crippen LogP contribution in [0.2, 0.25) is 0 Å². The van der Waals surface area contributed by atoms with Gasteiger partial charge in [0.25, 0.3) is 0 Å². The number of carbonyl (C=O) groups excluding carboxylic acids is 2. The van der Waals surface area contributed by atoms with Gasteiger partial charge in [0.05, 0.1) is 14.2 Å². The number of amides is 1. The van der Waals surface area contributed by atoms with Gasteiger partial charge < -0.3 is 19.5 Å². The van der Waals surface area contributed by atoms with Gasteiger partial charge in [0.2, 0.25) is 11.8 Å². The maximum atomic E-state index is 12.1.